The lowest BCUT2D eigenvalue weighted by molar-refractivity contribution is 0.650. The summed E-state index contributed by atoms with van der Waals surface area (Å²) in [6.45, 7) is 2.63. The molecule has 0 amide bonds. The van der Waals surface area contributed by atoms with Crippen LogP contribution in [-0.4, -0.2) is 40.1 Å². The van der Waals surface area contributed by atoms with E-state index < -0.39 is 0 Å². The average molecular weight is 445 g/mol. The average Bonchev–Trinajstić information content (AvgIpc) is 3.54. The molecule has 0 aliphatic rings. The van der Waals surface area contributed by atoms with Gasteiger partial charge in [0.25, 0.3) is 0 Å². The van der Waals surface area contributed by atoms with Crippen molar-refractivity contribution >= 4 is 11.0 Å². The van der Waals surface area contributed by atoms with Crippen molar-refractivity contribution in [2.24, 2.45) is 0 Å². The number of aromatic amines is 1. The zero-order valence-corrected chi connectivity index (χ0v) is 18.4. The van der Waals surface area contributed by atoms with E-state index in [0.29, 0.717) is 6.54 Å². The Morgan fingerprint density at radius 2 is 1.76 bits per heavy atom. The predicted octanol–water partition coefficient (Wildman–Crippen LogP) is 4.70. The largest absolute Gasteiger partial charge is 0.284 e. The summed E-state index contributed by atoms with van der Waals surface area (Å²) in [5.41, 5.74) is 8.57. The molecule has 0 aliphatic carbocycles. The fourth-order valence-corrected chi connectivity index (χ4v) is 3.93. The SMILES string of the molecule is Cc1cccc(-c2n[nH]cc2-c2ccc3ncc(-c4cn(Cc5ccccc5)nn4)cc3n2)n1. The number of H-pyrrole nitrogens is 1. The van der Waals surface area contributed by atoms with Crippen LogP contribution < -0.4 is 0 Å². The van der Waals surface area contributed by atoms with Gasteiger partial charge in [-0.2, -0.15) is 5.10 Å². The maximum Gasteiger partial charge on any atom is 0.120 e. The number of hydrogen-bond acceptors (Lipinski definition) is 6. The molecular weight excluding hydrogens is 424 g/mol. The molecule has 0 unspecified atom stereocenters. The number of hydrogen-bond donors (Lipinski definition) is 1. The lowest BCUT2D eigenvalue weighted by atomic mass is 10.1. The number of aromatic nitrogens is 8. The van der Waals surface area contributed by atoms with Crippen molar-refractivity contribution in [3.63, 3.8) is 0 Å². The van der Waals surface area contributed by atoms with Crippen LogP contribution in [0.1, 0.15) is 11.3 Å². The van der Waals surface area contributed by atoms with Crippen LogP contribution in [0.25, 0.3) is 44.9 Å². The van der Waals surface area contributed by atoms with Crippen LogP contribution in [0.5, 0.6) is 0 Å². The van der Waals surface area contributed by atoms with Crippen molar-refractivity contribution < 1.29 is 0 Å². The first kappa shape index (κ1) is 19.9. The Kier molecular flexibility index (Phi) is 4.88. The zero-order valence-electron chi connectivity index (χ0n) is 18.4. The molecule has 0 radical (unpaired) electrons. The maximum atomic E-state index is 4.88. The summed E-state index contributed by atoms with van der Waals surface area (Å²) in [6.07, 6.45) is 5.58. The molecule has 0 atom stereocenters. The van der Waals surface area contributed by atoms with E-state index in [1.807, 2.05) is 78.6 Å². The Hall–Kier alpha value is -4.72. The quantitative estimate of drug-likeness (QED) is 0.414. The van der Waals surface area contributed by atoms with Crippen molar-refractivity contribution in [3.8, 4) is 33.9 Å². The van der Waals surface area contributed by atoms with Gasteiger partial charge in [0.05, 0.1) is 35.2 Å². The molecule has 8 nitrogen and oxygen atoms in total. The van der Waals surface area contributed by atoms with Crippen LogP contribution in [0.4, 0.5) is 0 Å². The van der Waals surface area contributed by atoms with Gasteiger partial charge >= 0.3 is 0 Å². The molecule has 0 aliphatic heterocycles. The summed E-state index contributed by atoms with van der Waals surface area (Å²) in [6, 6.07) is 22.0. The van der Waals surface area contributed by atoms with Gasteiger partial charge in [0.1, 0.15) is 11.4 Å². The first-order chi connectivity index (χ1) is 16.7. The van der Waals surface area contributed by atoms with Crippen molar-refractivity contribution in [2.45, 2.75) is 13.5 Å². The molecule has 0 bridgehead atoms. The minimum Gasteiger partial charge on any atom is -0.284 e. The third-order valence-electron chi connectivity index (χ3n) is 5.61. The number of rotatable bonds is 5. The van der Waals surface area contributed by atoms with E-state index >= 15 is 0 Å². The first-order valence-corrected chi connectivity index (χ1v) is 10.9. The molecule has 8 heteroatoms. The molecule has 6 aromatic rings. The van der Waals surface area contributed by atoms with Crippen molar-refractivity contribution in [2.75, 3.05) is 0 Å². The van der Waals surface area contributed by atoms with Gasteiger partial charge in [-0.3, -0.25) is 15.1 Å². The molecule has 0 saturated carbocycles. The van der Waals surface area contributed by atoms with E-state index in [9.17, 15) is 0 Å². The molecule has 5 heterocycles. The second-order valence-electron chi connectivity index (χ2n) is 8.06. The maximum absolute atomic E-state index is 4.88. The molecule has 0 spiro atoms. The fraction of sp³-hybridized carbons (Fsp3) is 0.0769. The van der Waals surface area contributed by atoms with Crippen LogP contribution in [-0.2, 0) is 6.54 Å². The van der Waals surface area contributed by atoms with E-state index in [0.717, 1.165) is 50.6 Å². The molecular formula is C26H20N8. The highest BCUT2D eigenvalue weighted by molar-refractivity contribution is 5.84. The minimum absolute atomic E-state index is 0.660. The third kappa shape index (κ3) is 3.81. The van der Waals surface area contributed by atoms with E-state index in [4.69, 9.17) is 4.98 Å². The Morgan fingerprint density at radius 1 is 0.853 bits per heavy atom. The fourth-order valence-electron chi connectivity index (χ4n) is 3.93. The van der Waals surface area contributed by atoms with Crippen LogP contribution in [0.3, 0.4) is 0 Å². The van der Waals surface area contributed by atoms with Crippen LogP contribution in [0.15, 0.2) is 85.3 Å². The van der Waals surface area contributed by atoms with Gasteiger partial charge in [-0.05, 0) is 42.8 Å². The summed E-state index contributed by atoms with van der Waals surface area (Å²) in [5, 5.41) is 16.0. The number of pyridine rings is 3. The number of benzene rings is 1. The van der Waals surface area contributed by atoms with Gasteiger partial charge in [0, 0.05) is 29.2 Å². The normalized spacial score (nSPS) is 11.2. The number of nitrogens with one attached hydrogen (secondary N) is 1. The van der Waals surface area contributed by atoms with Crippen LogP contribution in [0, 0.1) is 6.92 Å². The number of fused-ring (bicyclic) bond motifs is 1. The van der Waals surface area contributed by atoms with Crippen molar-refractivity contribution in [1.29, 1.82) is 0 Å². The van der Waals surface area contributed by atoms with E-state index in [2.05, 4.69) is 42.6 Å². The van der Waals surface area contributed by atoms with Gasteiger partial charge in [-0.15, -0.1) is 5.10 Å². The van der Waals surface area contributed by atoms with E-state index in [-0.39, 0.29) is 0 Å². The molecule has 0 saturated heterocycles. The van der Waals surface area contributed by atoms with Crippen molar-refractivity contribution in [1.82, 2.24) is 40.1 Å². The molecule has 0 fully saturated rings. The third-order valence-corrected chi connectivity index (χ3v) is 5.61. The van der Waals surface area contributed by atoms with Gasteiger partial charge < -0.3 is 0 Å². The lowest BCUT2D eigenvalue weighted by Gasteiger charge is -2.05. The molecule has 1 N–H and O–H groups in total. The first-order valence-electron chi connectivity index (χ1n) is 10.9. The number of nitrogens with zero attached hydrogens (tertiary/aromatic N) is 7. The highest BCUT2D eigenvalue weighted by Crippen LogP contribution is 2.29. The van der Waals surface area contributed by atoms with Gasteiger partial charge in [0.2, 0.25) is 0 Å². The molecule has 5 aromatic heterocycles. The summed E-state index contributed by atoms with van der Waals surface area (Å²) in [7, 11) is 0. The van der Waals surface area contributed by atoms with Gasteiger partial charge in [0.15, 0.2) is 0 Å². The minimum atomic E-state index is 0.660. The Labute approximate surface area is 195 Å². The highest BCUT2D eigenvalue weighted by Gasteiger charge is 2.14. The molecule has 34 heavy (non-hydrogen) atoms. The second-order valence-corrected chi connectivity index (χ2v) is 8.06. The lowest BCUT2D eigenvalue weighted by Crippen LogP contribution is -1.99. The summed E-state index contributed by atoms with van der Waals surface area (Å²) < 4.78 is 1.82. The van der Waals surface area contributed by atoms with Crippen molar-refractivity contribution in [3.05, 3.63) is 96.6 Å². The van der Waals surface area contributed by atoms with Crippen LogP contribution >= 0.6 is 0 Å². The van der Waals surface area contributed by atoms with E-state index in [1.165, 1.54) is 5.56 Å². The summed E-state index contributed by atoms with van der Waals surface area (Å²) in [4.78, 5) is 14.1. The van der Waals surface area contributed by atoms with E-state index in [1.54, 1.807) is 6.20 Å². The van der Waals surface area contributed by atoms with Crippen LogP contribution in [0.2, 0.25) is 0 Å². The zero-order chi connectivity index (χ0) is 22.9. The number of aryl methyl sites for hydroxylation is 1. The molecule has 6 rings (SSSR count). The molecule has 164 valence electrons. The van der Waals surface area contributed by atoms with Gasteiger partial charge in [-0.25, -0.2) is 9.67 Å². The van der Waals surface area contributed by atoms with Gasteiger partial charge in [-0.1, -0.05) is 41.6 Å². The Balaban J connectivity index is 1.34. The standard InChI is InChI=1S/C26H20N8/c1-17-6-5-9-23(29-17)26-20(14-28-32-26)21-10-11-22-24(30-21)12-19(13-27-22)25-16-34(33-31-25)15-18-7-3-2-4-8-18/h2-14,16H,15H2,1H3,(H,28,32). The molecule has 1 aromatic carbocycles. The Morgan fingerprint density at radius 3 is 2.65 bits per heavy atom. The monoisotopic (exact) mass is 444 g/mol. The highest BCUT2D eigenvalue weighted by atomic mass is 15.4. The second kappa shape index (κ2) is 8.32. The summed E-state index contributed by atoms with van der Waals surface area (Å²) in [5.74, 6) is 0. The Bertz CT molecular complexity index is 1600. The summed E-state index contributed by atoms with van der Waals surface area (Å²) >= 11 is 0. The predicted molar refractivity (Wildman–Crippen MR) is 130 cm³/mol. The smallest absolute Gasteiger partial charge is 0.120 e. The topological polar surface area (TPSA) is 98.1 Å².